The van der Waals surface area contributed by atoms with Crippen LogP contribution in [0.2, 0.25) is 0 Å². The smallest absolute Gasteiger partial charge is 0.159 e. The molecule has 0 saturated heterocycles. The molecule has 1 unspecified atom stereocenters. The Labute approximate surface area is 134 Å². The quantitative estimate of drug-likeness (QED) is 0.898. The highest BCUT2D eigenvalue weighted by atomic mass is 79.9. The van der Waals surface area contributed by atoms with Gasteiger partial charge in [0.05, 0.1) is 0 Å². The molecule has 2 aromatic rings. The lowest BCUT2D eigenvalue weighted by Crippen LogP contribution is -2.26. The number of benzene rings is 1. The molecule has 1 atom stereocenters. The van der Waals surface area contributed by atoms with Gasteiger partial charge in [-0.15, -0.1) is 0 Å². The molecule has 3 rings (SSSR count). The van der Waals surface area contributed by atoms with Crippen LogP contribution >= 0.6 is 15.9 Å². The van der Waals surface area contributed by atoms with Crippen molar-refractivity contribution in [2.45, 2.75) is 38.6 Å². The predicted octanol–water partition coefficient (Wildman–Crippen LogP) is 4.28. The lowest BCUT2D eigenvalue weighted by Gasteiger charge is -2.25. The zero-order valence-corrected chi connectivity index (χ0v) is 13.9. The summed E-state index contributed by atoms with van der Waals surface area (Å²) in [5.74, 6) is 0.825. The van der Waals surface area contributed by atoms with E-state index < -0.39 is 0 Å². The molecular weight excluding hydrogens is 326 g/mol. The molecule has 0 radical (unpaired) electrons. The van der Waals surface area contributed by atoms with Crippen molar-refractivity contribution in [3.05, 3.63) is 46.2 Å². The van der Waals surface area contributed by atoms with Crippen molar-refractivity contribution in [3.63, 3.8) is 0 Å². The van der Waals surface area contributed by atoms with Crippen LogP contribution in [0.25, 0.3) is 11.4 Å². The summed E-state index contributed by atoms with van der Waals surface area (Å²) in [6.45, 7) is 3.25. The number of nitrogens with one attached hydrogen (secondary N) is 1. The number of hydrogen-bond donors (Lipinski definition) is 1. The highest BCUT2D eigenvalue weighted by Gasteiger charge is 2.21. The first-order valence-electron chi connectivity index (χ1n) is 7.63. The van der Waals surface area contributed by atoms with Crippen molar-refractivity contribution in [1.82, 2.24) is 15.3 Å². The minimum Gasteiger partial charge on any atom is -0.310 e. The van der Waals surface area contributed by atoms with E-state index in [2.05, 4.69) is 45.3 Å². The first kappa shape index (κ1) is 14.7. The highest BCUT2D eigenvalue weighted by Crippen LogP contribution is 2.30. The normalized spacial score (nSPS) is 17.5. The summed E-state index contributed by atoms with van der Waals surface area (Å²) < 4.78 is 1.06. The van der Waals surface area contributed by atoms with E-state index in [-0.39, 0.29) is 0 Å². The average Bonchev–Trinajstić information content (AvgIpc) is 2.52. The first-order valence-corrected chi connectivity index (χ1v) is 8.42. The molecule has 1 aliphatic carbocycles. The lowest BCUT2D eigenvalue weighted by molar-refractivity contribution is 0.454. The van der Waals surface area contributed by atoms with Gasteiger partial charge in [0.2, 0.25) is 0 Å². The van der Waals surface area contributed by atoms with E-state index in [0.717, 1.165) is 35.2 Å². The molecular formula is C17H20BrN3. The molecule has 0 aliphatic heterocycles. The van der Waals surface area contributed by atoms with Crippen LogP contribution in [-0.2, 0) is 6.42 Å². The second-order valence-corrected chi connectivity index (χ2v) is 6.42. The molecule has 1 aromatic carbocycles. The molecule has 1 heterocycles. The molecule has 1 aliphatic rings. The molecule has 3 nitrogen and oxygen atoms in total. The third-order valence-corrected chi connectivity index (χ3v) is 4.40. The number of aromatic nitrogens is 2. The van der Waals surface area contributed by atoms with Crippen LogP contribution in [0.1, 0.15) is 43.5 Å². The Hall–Kier alpha value is -1.26. The van der Waals surface area contributed by atoms with Crippen LogP contribution in [0.4, 0.5) is 0 Å². The van der Waals surface area contributed by atoms with Crippen molar-refractivity contribution in [2.24, 2.45) is 0 Å². The van der Waals surface area contributed by atoms with Gasteiger partial charge < -0.3 is 5.32 Å². The van der Waals surface area contributed by atoms with E-state index in [0.29, 0.717) is 6.04 Å². The van der Waals surface area contributed by atoms with Crippen LogP contribution in [-0.4, -0.2) is 16.5 Å². The molecule has 0 amide bonds. The van der Waals surface area contributed by atoms with Crippen molar-refractivity contribution in [2.75, 3.05) is 6.54 Å². The van der Waals surface area contributed by atoms with Crippen LogP contribution < -0.4 is 5.32 Å². The summed E-state index contributed by atoms with van der Waals surface area (Å²) in [6, 6.07) is 8.59. The molecule has 21 heavy (non-hydrogen) atoms. The topological polar surface area (TPSA) is 37.8 Å². The van der Waals surface area contributed by atoms with Gasteiger partial charge in [0.15, 0.2) is 5.82 Å². The second-order valence-electron chi connectivity index (χ2n) is 5.50. The Balaban J connectivity index is 1.90. The molecule has 1 aromatic heterocycles. The van der Waals surface area contributed by atoms with Gasteiger partial charge in [-0.05, 0) is 44.4 Å². The number of aryl methyl sites for hydroxylation is 1. The monoisotopic (exact) mass is 345 g/mol. The van der Waals surface area contributed by atoms with Gasteiger partial charge in [-0.3, -0.25) is 0 Å². The summed E-state index contributed by atoms with van der Waals surface area (Å²) in [4.78, 5) is 9.40. The van der Waals surface area contributed by atoms with Crippen LogP contribution in [0.3, 0.4) is 0 Å². The van der Waals surface area contributed by atoms with E-state index in [1.54, 1.807) is 0 Å². The Morgan fingerprint density at radius 3 is 3.10 bits per heavy atom. The van der Waals surface area contributed by atoms with Crippen molar-refractivity contribution in [1.29, 1.82) is 0 Å². The molecule has 0 bridgehead atoms. The van der Waals surface area contributed by atoms with Gasteiger partial charge in [0.1, 0.15) is 0 Å². The fourth-order valence-corrected chi connectivity index (χ4v) is 3.24. The Morgan fingerprint density at radius 1 is 1.38 bits per heavy atom. The Morgan fingerprint density at radius 2 is 2.29 bits per heavy atom. The van der Waals surface area contributed by atoms with Crippen LogP contribution in [0.5, 0.6) is 0 Å². The molecule has 1 N–H and O–H groups in total. The molecule has 110 valence electrons. The number of halogens is 1. The zero-order chi connectivity index (χ0) is 14.7. The minimum atomic E-state index is 0.422. The van der Waals surface area contributed by atoms with E-state index in [4.69, 9.17) is 4.98 Å². The SMILES string of the molecule is CCCNC1CCCc2nc(-c3cccc(Br)c3)ncc21. The van der Waals surface area contributed by atoms with Gasteiger partial charge in [-0.25, -0.2) is 9.97 Å². The van der Waals surface area contributed by atoms with Crippen LogP contribution in [0, 0.1) is 0 Å². The number of nitrogens with zero attached hydrogens (tertiary/aromatic N) is 2. The third kappa shape index (κ3) is 3.33. The predicted molar refractivity (Wildman–Crippen MR) is 89.1 cm³/mol. The van der Waals surface area contributed by atoms with Gasteiger partial charge in [0, 0.05) is 33.5 Å². The standard InChI is InChI=1S/C17H20BrN3/c1-2-9-19-15-7-4-8-16-14(15)11-20-17(21-16)12-5-3-6-13(18)10-12/h3,5-6,10-11,15,19H,2,4,7-9H2,1H3. The highest BCUT2D eigenvalue weighted by molar-refractivity contribution is 9.10. The first-order chi connectivity index (χ1) is 10.3. The molecule has 0 spiro atoms. The summed E-state index contributed by atoms with van der Waals surface area (Å²) >= 11 is 3.51. The molecule has 0 saturated carbocycles. The summed E-state index contributed by atoms with van der Waals surface area (Å²) in [6.07, 6.45) is 6.62. The Bertz CT molecular complexity index is 627. The lowest BCUT2D eigenvalue weighted by atomic mass is 9.92. The summed E-state index contributed by atoms with van der Waals surface area (Å²) in [7, 11) is 0. The van der Waals surface area contributed by atoms with Gasteiger partial charge in [0.25, 0.3) is 0 Å². The third-order valence-electron chi connectivity index (χ3n) is 3.91. The fraction of sp³-hybridized carbons (Fsp3) is 0.412. The largest absolute Gasteiger partial charge is 0.310 e. The van der Waals surface area contributed by atoms with Crippen LogP contribution in [0.15, 0.2) is 34.9 Å². The van der Waals surface area contributed by atoms with Crippen molar-refractivity contribution in [3.8, 4) is 11.4 Å². The Kier molecular flexibility index (Phi) is 4.66. The summed E-state index contributed by atoms with van der Waals surface area (Å²) in [5.41, 5.74) is 3.56. The van der Waals surface area contributed by atoms with E-state index >= 15 is 0 Å². The summed E-state index contributed by atoms with van der Waals surface area (Å²) in [5, 5.41) is 3.61. The second kappa shape index (κ2) is 6.67. The van der Waals surface area contributed by atoms with Crippen molar-refractivity contribution >= 4 is 15.9 Å². The average molecular weight is 346 g/mol. The fourth-order valence-electron chi connectivity index (χ4n) is 2.84. The number of fused-ring (bicyclic) bond motifs is 1. The maximum absolute atomic E-state index is 4.81. The van der Waals surface area contributed by atoms with Gasteiger partial charge in [-0.2, -0.15) is 0 Å². The maximum atomic E-state index is 4.81. The number of rotatable bonds is 4. The maximum Gasteiger partial charge on any atom is 0.159 e. The molecule has 0 fully saturated rings. The van der Waals surface area contributed by atoms with Gasteiger partial charge in [-0.1, -0.05) is 35.0 Å². The zero-order valence-electron chi connectivity index (χ0n) is 12.3. The van der Waals surface area contributed by atoms with Crippen molar-refractivity contribution < 1.29 is 0 Å². The number of hydrogen-bond acceptors (Lipinski definition) is 3. The van der Waals surface area contributed by atoms with E-state index in [9.17, 15) is 0 Å². The van der Waals surface area contributed by atoms with E-state index in [1.165, 1.54) is 24.1 Å². The molecule has 4 heteroatoms. The minimum absolute atomic E-state index is 0.422. The van der Waals surface area contributed by atoms with Gasteiger partial charge >= 0.3 is 0 Å². The van der Waals surface area contributed by atoms with E-state index in [1.807, 2.05) is 18.3 Å².